The molecule has 9 heteroatoms. The number of fused-ring (bicyclic) bond motifs is 1. The Morgan fingerprint density at radius 3 is 2.85 bits per heavy atom. The molecular formula is C17H20ClN7O. The van der Waals surface area contributed by atoms with Crippen LogP contribution in [-0.4, -0.2) is 42.9 Å². The van der Waals surface area contributed by atoms with Crippen LogP contribution in [0.15, 0.2) is 24.8 Å². The molecule has 0 saturated heterocycles. The maximum absolute atomic E-state index is 12.4. The second-order valence-electron chi connectivity index (χ2n) is 6.05. The van der Waals surface area contributed by atoms with Gasteiger partial charge in [0.25, 0.3) is 0 Å². The summed E-state index contributed by atoms with van der Waals surface area (Å²) in [5.41, 5.74) is 0.636. The summed E-state index contributed by atoms with van der Waals surface area (Å²) in [5, 5.41) is 7.30. The van der Waals surface area contributed by atoms with Gasteiger partial charge >= 0.3 is 0 Å². The van der Waals surface area contributed by atoms with E-state index in [4.69, 9.17) is 11.6 Å². The summed E-state index contributed by atoms with van der Waals surface area (Å²) < 4.78 is 0. The van der Waals surface area contributed by atoms with Crippen LogP contribution in [0.2, 0.25) is 5.02 Å². The van der Waals surface area contributed by atoms with Gasteiger partial charge in [0.1, 0.15) is 17.5 Å². The molecule has 1 amide bonds. The lowest BCUT2D eigenvalue weighted by atomic mass is 9.98. The van der Waals surface area contributed by atoms with E-state index in [1.165, 1.54) is 6.33 Å². The van der Waals surface area contributed by atoms with Crippen molar-refractivity contribution in [2.24, 2.45) is 0 Å². The number of aromatic amines is 1. The van der Waals surface area contributed by atoms with Crippen LogP contribution in [-0.2, 0) is 4.79 Å². The molecule has 3 heterocycles. The van der Waals surface area contributed by atoms with Gasteiger partial charge in [-0.25, -0.2) is 15.0 Å². The van der Waals surface area contributed by atoms with Gasteiger partial charge in [0.2, 0.25) is 11.9 Å². The Kier molecular flexibility index (Phi) is 5.03. The number of carbonyl (C=O) groups excluding carboxylic acids is 1. The molecule has 0 bridgehead atoms. The lowest BCUT2D eigenvalue weighted by molar-refractivity contribution is -0.125. The van der Waals surface area contributed by atoms with Crippen molar-refractivity contribution in [3.8, 4) is 11.4 Å². The van der Waals surface area contributed by atoms with Crippen LogP contribution in [0.5, 0.6) is 0 Å². The Hall–Kier alpha value is -2.74. The predicted molar refractivity (Wildman–Crippen MR) is 101 cm³/mol. The molecule has 3 aromatic heterocycles. The van der Waals surface area contributed by atoms with Crippen LogP contribution in [0.4, 0.5) is 5.95 Å². The van der Waals surface area contributed by atoms with Crippen LogP contribution in [0.1, 0.15) is 27.2 Å². The first-order valence-electron chi connectivity index (χ1n) is 8.35. The maximum atomic E-state index is 12.4. The van der Waals surface area contributed by atoms with E-state index in [2.05, 4.69) is 35.6 Å². The first kappa shape index (κ1) is 18.1. The van der Waals surface area contributed by atoms with E-state index >= 15 is 0 Å². The summed E-state index contributed by atoms with van der Waals surface area (Å²) in [6.45, 7) is 6.18. The molecule has 0 fully saturated rings. The van der Waals surface area contributed by atoms with Crippen molar-refractivity contribution >= 4 is 34.5 Å². The molecule has 0 unspecified atom stereocenters. The molecule has 0 aliphatic rings. The highest BCUT2D eigenvalue weighted by Gasteiger charge is 2.31. The van der Waals surface area contributed by atoms with Gasteiger partial charge in [-0.1, -0.05) is 18.5 Å². The number of hydrogen-bond acceptors (Lipinski definition) is 6. The zero-order valence-electron chi connectivity index (χ0n) is 14.8. The molecule has 0 spiro atoms. The van der Waals surface area contributed by atoms with E-state index in [0.29, 0.717) is 35.4 Å². The molecule has 0 saturated carbocycles. The number of likely N-dealkylation sites (N-methyl/N-ethyl adjacent to an activating group) is 1. The lowest BCUT2D eigenvalue weighted by Gasteiger charge is -2.28. The number of rotatable bonds is 6. The molecule has 1 atom stereocenters. The quantitative estimate of drug-likeness (QED) is 0.613. The summed E-state index contributed by atoms with van der Waals surface area (Å²) in [7, 11) is 0. The summed E-state index contributed by atoms with van der Waals surface area (Å²) in [5.74, 6) is 0.689. The summed E-state index contributed by atoms with van der Waals surface area (Å²) in [6.07, 6.45) is 5.33. The minimum Gasteiger partial charge on any atom is -0.354 e. The standard InChI is InChI=1S/C17H20ClN7O/c1-4-17(3,15(26)19-5-2)25-16-23-9-22-14(24-16)12-8-21-13-11(12)6-10(18)7-20-13/h6-9H,4-5H2,1-3H3,(H,19,26)(H,20,21)(H,22,23,24,25)/t17-/m1/s1. The zero-order chi connectivity index (χ0) is 18.7. The fraction of sp³-hybridized carbons (Fsp3) is 0.353. The van der Waals surface area contributed by atoms with Crippen LogP contribution >= 0.6 is 11.6 Å². The summed E-state index contributed by atoms with van der Waals surface area (Å²) >= 11 is 6.05. The third-order valence-electron chi connectivity index (χ3n) is 4.24. The molecule has 8 nitrogen and oxygen atoms in total. The highest BCUT2D eigenvalue weighted by molar-refractivity contribution is 6.31. The number of anilines is 1. The number of H-pyrrole nitrogens is 1. The van der Waals surface area contributed by atoms with Crippen molar-refractivity contribution in [2.75, 3.05) is 11.9 Å². The topological polar surface area (TPSA) is 108 Å². The van der Waals surface area contributed by atoms with E-state index in [-0.39, 0.29) is 5.91 Å². The number of nitrogens with zero attached hydrogens (tertiary/aromatic N) is 4. The largest absolute Gasteiger partial charge is 0.354 e. The van der Waals surface area contributed by atoms with Crippen molar-refractivity contribution in [3.63, 3.8) is 0 Å². The maximum Gasteiger partial charge on any atom is 0.245 e. The molecule has 3 rings (SSSR count). The van der Waals surface area contributed by atoms with Gasteiger partial charge in [0.15, 0.2) is 5.82 Å². The second kappa shape index (κ2) is 7.25. The first-order chi connectivity index (χ1) is 12.5. The van der Waals surface area contributed by atoms with Crippen LogP contribution in [0, 0.1) is 0 Å². The fourth-order valence-electron chi connectivity index (χ4n) is 2.56. The first-order valence-corrected chi connectivity index (χ1v) is 8.73. The SMILES string of the molecule is CCNC(=O)[C@@](C)(CC)Nc1ncnc(-c2c[nH]c3ncc(Cl)cc23)n1. The molecule has 0 aliphatic carbocycles. The lowest BCUT2D eigenvalue weighted by Crippen LogP contribution is -2.50. The van der Waals surface area contributed by atoms with Gasteiger partial charge in [-0.2, -0.15) is 4.98 Å². The number of hydrogen-bond donors (Lipinski definition) is 3. The second-order valence-corrected chi connectivity index (χ2v) is 6.49. The van der Waals surface area contributed by atoms with E-state index in [1.807, 2.05) is 20.8 Å². The van der Waals surface area contributed by atoms with Gasteiger partial charge < -0.3 is 15.6 Å². The van der Waals surface area contributed by atoms with Gasteiger partial charge in [0.05, 0.1) is 5.02 Å². The highest BCUT2D eigenvalue weighted by Crippen LogP contribution is 2.27. The minimum absolute atomic E-state index is 0.104. The number of pyridine rings is 1. The number of amides is 1. The van der Waals surface area contributed by atoms with Crippen molar-refractivity contribution in [3.05, 3.63) is 29.8 Å². The molecule has 136 valence electrons. The Morgan fingerprint density at radius 2 is 2.12 bits per heavy atom. The van der Waals surface area contributed by atoms with Crippen LogP contribution in [0.25, 0.3) is 22.4 Å². The molecule has 26 heavy (non-hydrogen) atoms. The Morgan fingerprint density at radius 1 is 1.31 bits per heavy atom. The van der Waals surface area contributed by atoms with Crippen molar-refractivity contribution in [1.29, 1.82) is 0 Å². The smallest absolute Gasteiger partial charge is 0.245 e. The fourth-order valence-corrected chi connectivity index (χ4v) is 2.72. The zero-order valence-corrected chi connectivity index (χ0v) is 15.6. The Labute approximate surface area is 155 Å². The third-order valence-corrected chi connectivity index (χ3v) is 4.45. The minimum atomic E-state index is -0.820. The van der Waals surface area contributed by atoms with E-state index in [9.17, 15) is 4.79 Å². The van der Waals surface area contributed by atoms with Crippen molar-refractivity contribution in [2.45, 2.75) is 32.7 Å². The normalized spacial score (nSPS) is 13.4. The Balaban J connectivity index is 1.95. The average Bonchev–Trinajstić information content (AvgIpc) is 3.05. The van der Waals surface area contributed by atoms with E-state index < -0.39 is 5.54 Å². The molecular weight excluding hydrogens is 354 g/mol. The summed E-state index contributed by atoms with van der Waals surface area (Å²) in [4.78, 5) is 32.5. The van der Waals surface area contributed by atoms with Gasteiger partial charge in [-0.3, -0.25) is 4.79 Å². The number of nitrogens with one attached hydrogen (secondary N) is 3. The van der Waals surface area contributed by atoms with Crippen LogP contribution in [0.3, 0.4) is 0 Å². The number of halogens is 1. The molecule has 0 aromatic carbocycles. The summed E-state index contributed by atoms with van der Waals surface area (Å²) in [6, 6.07) is 1.80. The predicted octanol–water partition coefficient (Wildman–Crippen LogP) is 2.79. The molecule has 3 aromatic rings. The van der Waals surface area contributed by atoms with Gasteiger partial charge in [-0.05, 0) is 26.3 Å². The van der Waals surface area contributed by atoms with Gasteiger partial charge in [0, 0.05) is 29.9 Å². The van der Waals surface area contributed by atoms with Crippen molar-refractivity contribution in [1.82, 2.24) is 30.2 Å². The molecule has 0 radical (unpaired) electrons. The highest BCUT2D eigenvalue weighted by atomic mass is 35.5. The van der Waals surface area contributed by atoms with E-state index in [0.717, 1.165) is 10.9 Å². The van der Waals surface area contributed by atoms with Crippen LogP contribution < -0.4 is 10.6 Å². The number of aromatic nitrogens is 5. The third kappa shape index (κ3) is 3.45. The van der Waals surface area contributed by atoms with Crippen molar-refractivity contribution < 1.29 is 4.79 Å². The Bertz CT molecular complexity index is 942. The molecule has 0 aliphatic heterocycles. The average molecular weight is 374 g/mol. The monoisotopic (exact) mass is 373 g/mol. The molecule has 3 N–H and O–H groups in total. The van der Waals surface area contributed by atoms with E-state index in [1.54, 1.807) is 18.5 Å². The number of carbonyl (C=O) groups is 1. The van der Waals surface area contributed by atoms with Gasteiger partial charge in [-0.15, -0.1) is 0 Å².